The van der Waals surface area contributed by atoms with Crippen LogP contribution in [0.15, 0.2) is 30.3 Å². The molecule has 1 aromatic carbocycles. The predicted molar refractivity (Wildman–Crippen MR) is 68.9 cm³/mol. The summed E-state index contributed by atoms with van der Waals surface area (Å²) in [6.45, 7) is -0.0919. The second-order valence-electron chi connectivity index (χ2n) is 4.85. The number of benzene rings is 1. The topological polar surface area (TPSA) is 75.6 Å². The number of ether oxygens (including phenoxy) is 1. The van der Waals surface area contributed by atoms with Crippen LogP contribution >= 0.6 is 0 Å². The maximum Gasteiger partial charge on any atom is 0.305 e. The van der Waals surface area contributed by atoms with Crippen LogP contribution in [0.1, 0.15) is 25.7 Å². The summed E-state index contributed by atoms with van der Waals surface area (Å²) >= 11 is 0. The third-order valence-electron chi connectivity index (χ3n) is 3.32. The molecule has 1 aromatic rings. The summed E-state index contributed by atoms with van der Waals surface area (Å²) in [6, 6.07) is 9.05. The van der Waals surface area contributed by atoms with Gasteiger partial charge < -0.3 is 15.2 Å². The number of amides is 1. The highest BCUT2D eigenvalue weighted by Crippen LogP contribution is 2.34. The molecule has 0 radical (unpaired) electrons. The number of hydrogen-bond donors (Lipinski definition) is 2. The lowest BCUT2D eigenvalue weighted by atomic mass is 9.74. The average Bonchev–Trinajstić information content (AvgIpc) is 2.34. The molecule has 0 aliphatic heterocycles. The highest BCUT2D eigenvalue weighted by molar-refractivity contribution is 5.80. The van der Waals surface area contributed by atoms with Crippen molar-refractivity contribution in [2.24, 2.45) is 0 Å². The fraction of sp³-hybridized carbons (Fsp3) is 0.429. The van der Waals surface area contributed by atoms with Gasteiger partial charge in [0.25, 0.3) is 5.91 Å². The molecule has 0 bridgehead atoms. The first-order valence-corrected chi connectivity index (χ1v) is 6.30. The van der Waals surface area contributed by atoms with E-state index in [-0.39, 0.29) is 18.9 Å². The molecule has 0 atom stereocenters. The van der Waals surface area contributed by atoms with Gasteiger partial charge in [0.2, 0.25) is 0 Å². The smallest absolute Gasteiger partial charge is 0.305 e. The largest absolute Gasteiger partial charge is 0.484 e. The Bertz CT molecular complexity index is 454. The Morgan fingerprint density at radius 2 is 1.95 bits per heavy atom. The van der Waals surface area contributed by atoms with E-state index >= 15 is 0 Å². The van der Waals surface area contributed by atoms with Crippen LogP contribution in [0, 0.1) is 0 Å². The molecule has 0 aromatic heterocycles. The third-order valence-corrected chi connectivity index (χ3v) is 3.32. The first-order chi connectivity index (χ1) is 9.10. The van der Waals surface area contributed by atoms with E-state index < -0.39 is 11.5 Å². The van der Waals surface area contributed by atoms with E-state index in [4.69, 9.17) is 9.84 Å². The number of nitrogens with one attached hydrogen (secondary N) is 1. The van der Waals surface area contributed by atoms with Gasteiger partial charge >= 0.3 is 5.97 Å². The van der Waals surface area contributed by atoms with Gasteiger partial charge in [-0.3, -0.25) is 9.59 Å². The van der Waals surface area contributed by atoms with Gasteiger partial charge in [0.15, 0.2) is 6.61 Å². The lowest BCUT2D eigenvalue weighted by Gasteiger charge is -2.41. The van der Waals surface area contributed by atoms with E-state index in [1.807, 2.05) is 18.2 Å². The van der Waals surface area contributed by atoms with Crippen molar-refractivity contribution in [3.63, 3.8) is 0 Å². The molecular formula is C14H17NO4. The number of para-hydroxylation sites is 1. The molecule has 1 saturated carbocycles. The molecule has 2 N–H and O–H groups in total. The van der Waals surface area contributed by atoms with E-state index in [2.05, 4.69) is 5.32 Å². The van der Waals surface area contributed by atoms with Crippen molar-refractivity contribution in [2.45, 2.75) is 31.2 Å². The maximum atomic E-state index is 11.8. The molecule has 5 heteroatoms. The van der Waals surface area contributed by atoms with E-state index in [1.54, 1.807) is 12.1 Å². The minimum Gasteiger partial charge on any atom is -0.484 e. The Morgan fingerprint density at radius 1 is 1.26 bits per heavy atom. The van der Waals surface area contributed by atoms with Gasteiger partial charge in [-0.05, 0) is 31.4 Å². The van der Waals surface area contributed by atoms with Crippen molar-refractivity contribution in [3.05, 3.63) is 30.3 Å². The van der Waals surface area contributed by atoms with Crippen LogP contribution in [0.5, 0.6) is 5.75 Å². The van der Waals surface area contributed by atoms with E-state index in [9.17, 15) is 9.59 Å². The highest BCUT2D eigenvalue weighted by Gasteiger charge is 2.40. The predicted octanol–water partition coefficient (Wildman–Crippen LogP) is 1.58. The zero-order valence-corrected chi connectivity index (χ0v) is 10.6. The van der Waals surface area contributed by atoms with Gasteiger partial charge in [0.1, 0.15) is 5.75 Å². The molecule has 0 saturated heterocycles. The van der Waals surface area contributed by atoms with Crippen LogP contribution in [0.25, 0.3) is 0 Å². The standard InChI is InChI=1S/C14H17NO4/c16-12(10-19-11-5-2-1-3-6-11)15-14(7-4-8-14)9-13(17)18/h1-3,5-6H,4,7-10H2,(H,15,16)(H,17,18). The number of rotatable bonds is 6. The van der Waals surface area contributed by atoms with Gasteiger partial charge in [-0.1, -0.05) is 18.2 Å². The second kappa shape index (κ2) is 5.73. The van der Waals surface area contributed by atoms with Crippen molar-refractivity contribution in [3.8, 4) is 5.75 Å². The van der Waals surface area contributed by atoms with Crippen molar-refractivity contribution in [1.82, 2.24) is 5.32 Å². The Balaban J connectivity index is 1.82. The maximum absolute atomic E-state index is 11.8. The van der Waals surface area contributed by atoms with Crippen LogP contribution in [0.3, 0.4) is 0 Å². The van der Waals surface area contributed by atoms with Crippen molar-refractivity contribution >= 4 is 11.9 Å². The van der Waals surface area contributed by atoms with Crippen molar-refractivity contribution in [1.29, 1.82) is 0 Å². The van der Waals surface area contributed by atoms with Gasteiger partial charge in [-0.25, -0.2) is 0 Å². The monoisotopic (exact) mass is 263 g/mol. The summed E-state index contributed by atoms with van der Waals surface area (Å²) in [5, 5.41) is 11.6. The minimum absolute atomic E-state index is 0.0237. The molecule has 19 heavy (non-hydrogen) atoms. The molecule has 2 rings (SSSR count). The number of hydrogen-bond acceptors (Lipinski definition) is 3. The summed E-state index contributed by atoms with van der Waals surface area (Å²) in [5.41, 5.74) is -0.567. The molecule has 5 nitrogen and oxygen atoms in total. The van der Waals surface area contributed by atoms with E-state index in [0.29, 0.717) is 5.75 Å². The summed E-state index contributed by atoms with van der Waals surface area (Å²) < 4.78 is 5.33. The number of carboxylic acid groups (broad SMARTS) is 1. The molecular weight excluding hydrogens is 246 g/mol. The highest BCUT2D eigenvalue weighted by atomic mass is 16.5. The lowest BCUT2D eigenvalue weighted by molar-refractivity contribution is -0.140. The van der Waals surface area contributed by atoms with Crippen LogP contribution < -0.4 is 10.1 Å². The Labute approximate surface area is 111 Å². The van der Waals surface area contributed by atoms with Crippen LogP contribution in [-0.2, 0) is 9.59 Å². The Morgan fingerprint density at radius 3 is 2.47 bits per heavy atom. The van der Waals surface area contributed by atoms with Crippen molar-refractivity contribution < 1.29 is 19.4 Å². The fourth-order valence-corrected chi connectivity index (χ4v) is 2.24. The third kappa shape index (κ3) is 3.71. The molecule has 1 fully saturated rings. The quantitative estimate of drug-likeness (QED) is 0.817. The fourth-order valence-electron chi connectivity index (χ4n) is 2.24. The van der Waals surface area contributed by atoms with Crippen molar-refractivity contribution in [2.75, 3.05) is 6.61 Å². The number of aliphatic carboxylic acids is 1. The summed E-state index contributed by atoms with van der Waals surface area (Å²) in [5.74, 6) is -0.535. The van der Waals surface area contributed by atoms with Gasteiger partial charge in [-0.2, -0.15) is 0 Å². The van der Waals surface area contributed by atoms with Crippen LogP contribution in [0.2, 0.25) is 0 Å². The zero-order valence-electron chi connectivity index (χ0n) is 10.6. The summed E-state index contributed by atoms with van der Waals surface area (Å²) in [6.07, 6.45) is 2.37. The normalized spacial score (nSPS) is 16.2. The number of carboxylic acids is 1. The molecule has 0 heterocycles. The molecule has 1 aliphatic carbocycles. The summed E-state index contributed by atoms with van der Waals surface area (Å²) in [7, 11) is 0. The Kier molecular flexibility index (Phi) is 4.04. The van der Waals surface area contributed by atoms with Crippen LogP contribution in [-0.4, -0.2) is 29.1 Å². The van der Waals surface area contributed by atoms with E-state index in [0.717, 1.165) is 19.3 Å². The number of carbonyl (C=O) groups excluding carboxylic acids is 1. The molecule has 1 aliphatic rings. The Hall–Kier alpha value is -2.04. The molecule has 102 valence electrons. The molecule has 0 spiro atoms. The zero-order chi connectivity index (χ0) is 13.7. The summed E-state index contributed by atoms with van der Waals surface area (Å²) in [4.78, 5) is 22.6. The second-order valence-corrected chi connectivity index (χ2v) is 4.85. The minimum atomic E-state index is -0.885. The first kappa shape index (κ1) is 13.4. The van der Waals surface area contributed by atoms with E-state index in [1.165, 1.54) is 0 Å². The van der Waals surface area contributed by atoms with Gasteiger partial charge in [0.05, 0.1) is 12.0 Å². The van der Waals surface area contributed by atoms with Gasteiger partial charge in [0, 0.05) is 0 Å². The molecule has 0 unspecified atom stereocenters. The lowest BCUT2D eigenvalue weighted by Crippen LogP contribution is -2.55. The SMILES string of the molecule is O=C(O)CC1(NC(=O)COc2ccccc2)CCC1. The van der Waals surface area contributed by atoms with Gasteiger partial charge in [-0.15, -0.1) is 0 Å². The number of carbonyl (C=O) groups is 2. The average molecular weight is 263 g/mol. The molecule has 1 amide bonds. The first-order valence-electron chi connectivity index (χ1n) is 6.30. The van der Waals surface area contributed by atoms with Crippen LogP contribution in [0.4, 0.5) is 0 Å².